The van der Waals surface area contributed by atoms with Crippen molar-refractivity contribution in [3.05, 3.63) is 48.0 Å². The van der Waals surface area contributed by atoms with Gasteiger partial charge in [-0.25, -0.2) is 13.8 Å². The maximum absolute atomic E-state index is 13.6. The van der Waals surface area contributed by atoms with Crippen molar-refractivity contribution < 1.29 is 8.78 Å². The maximum atomic E-state index is 13.6. The van der Waals surface area contributed by atoms with Gasteiger partial charge in [0.05, 0.1) is 15.8 Å². The summed E-state index contributed by atoms with van der Waals surface area (Å²) in [6.45, 7) is 0. The second-order valence-corrected chi connectivity index (χ2v) is 4.87. The van der Waals surface area contributed by atoms with Gasteiger partial charge in [0.15, 0.2) is 0 Å². The third-order valence-electron chi connectivity index (χ3n) is 2.59. The molecule has 0 saturated carbocycles. The lowest BCUT2D eigenvalue weighted by atomic mass is 10.2. The van der Waals surface area contributed by atoms with Crippen LogP contribution in [0.3, 0.4) is 0 Å². The molecule has 3 aromatic rings. The van der Waals surface area contributed by atoms with Gasteiger partial charge in [0.25, 0.3) is 0 Å². The van der Waals surface area contributed by atoms with Gasteiger partial charge < -0.3 is 5.73 Å². The molecule has 2 N–H and O–H groups in total. The molecule has 0 radical (unpaired) electrons. The van der Waals surface area contributed by atoms with Crippen LogP contribution >= 0.6 is 11.3 Å². The number of hydrogen-bond acceptors (Lipinski definition) is 3. The number of rotatable bonds is 1. The number of hydrogen-bond donors (Lipinski definition) is 1. The Hall–Kier alpha value is -2.01. The molecule has 1 aromatic heterocycles. The van der Waals surface area contributed by atoms with Gasteiger partial charge in [-0.15, -0.1) is 11.3 Å². The highest BCUT2D eigenvalue weighted by atomic mass is 32.1. The Morgan fingerprint density at radius 1 is 1.06 bits per heavy atom. The summed E-state index contributed by atoms with van der Waals surface area (Å²) < 4.78 is 28.1. The SMILES string of the molecule is Nc1ccc2nc(-c3c(F)cccc3F)sc2c1. The summed E-state index contributed by atoms with van der Waals surface area (Å²) in [5, 5.41) is 0.325. The van der Waals surface area contributed by atoms with Crippen LogP contribution in [0.4, 0.5) is 14.5 Å². The number of nitrogen functional groups attached to an aromatic ring is 1. The van der Waals surface area contributed by atoms with Crippen molar-refractivity contribution in [3.8, 4) is 10.6 Å². The van der Waals surface area contributed by atoms with Crippen LogP contribution in [-0.2, 0) is 0 Å². The Kier molecular flexibility index (Phi) is 2.48. The molecule has 18 heavy (non-hydrogen) atoms. The van der Waals surface area contributed by atoms with E-state index in [4.69, 9.17) is 5.73 Å². The lowest BCUT2D eigenvalue weighted by molar-refractivity contribution is 0.589. The number of thiazole rings is 1. The van der Waals surface area contributed by atoms with Gasteiger partial charge in [-0.2, -0.15) is 0 Å². The monoisotopic (exact) mass is 262 g/mol. The minimum atomic E-state index is -0.609. The van der Waals surface area contributed by atoms with E-state index in [1.165, 1.54) is 29.5 Å². The van der Waals surface area contributed by atoms with E-state index in [9.17, 15) is 8.78 Å². The Morgan fingerprint density at radius 3 is 2.50 bits per heavy atom. The van der Waals surface area contributed by atoms with Gasteiger partial charge in [0.1, 0.15) is 16.6 Å². The normalized spacial score (nSPS) is 11.0. The smallest absolute Gasteiger partial charge is 0.136 e. The molecule has 5 heteroatoms. The molecule has 0 saturated heterocycles. The molecule has 0 fully saturated rings. The molecule has 0 bridgehead atoms. The molecule has 0 aliphatic heterocycles. The van der Waals surface area contributed by atoms with E-state index in [0.717, 1.165) is 4.70 Å². The van der Waals surface area contributed by atoms with E-state index in [1.807, 2.05) is 0 Å². The van der Waals surface area contributed by atoms with Crippen molar-refractivity contribution in [3.63, 3.8) is 0 Å². The van der Waals surface area contributed by atoms with Crippen molar-refractivity contribution in [2.75, 3.05) is 5.73 Å². The van der Waals surface area contributed by atoms with Crippen molar-refractivity contribution in [1.29, 1.82) is 0 Å². The summed E-state index contributed by atoms with van der Waals surface area (Å²) in [5.41, 5.74) is 6.87. The van der Waals surface area contributed by atoms with E-state index in [2.05, 4.69) is 4.98 Å². The summed E-state index contributed by atoms with van der Waals surface area (Å²) in [7, 11) is 0. The molecule has 0 atom stereocenters. The highest BCUT2D eigenvalue weighted by molar-refractivity contribution is 7.21. The predicted octanol–water partition coefficient (Wildman–Crippen LogP) is 3.82. The van der Waals surface area contributed by atoms with E-state index >= 15 is 0 Å². The van der Waals surface area contributed by atoms with Crippen LogP contribution in [0.2, 0.25) is 0 Å². The Balaban J connectivity index is 2.26. The number of nitrogens with two attached hydrogens (primary N) is 1. The lowest BCUT2D eigenvalue weighted by Crippen LogP contribution is -1.88. The third-order valence-corrected chi connectivity index (χ3v) is 3.62. The van der Waals surface area contributed by atoms with Crippen molar-refractivity contribution in [2.45, 2.75) is 0 Å². The Labute approximate surface area is 106 Å². The quantitative estimate of drug-likeness (QED) is 0.677. The molecule has 2 nitrogen and oxygen atoms in total. The molecule has 2 aromatic carbocycles. The number of benzene rings is 2. The van der Waals surface area contributed by atoms with Crippen molar-refractivity contribution >= 4 is 27.2 Å². The second-order valence-electron chi connectivity index (χ2n) is 3.84. The highest BCUT2D eigenvalue weighted by Gasteiger charge is 2.15. The fourth-order valence-corrected chi connectivity index (χ4v) is 2.81. The van der Waals surface area contributed by atoms with Crippen LogP contribution < -0.4 is 5.73 Å². The van der Waals surface area contributed by atoms with Crippen LogP contribution in [0.25, 0.3) is 20.8 Å². The molecule has 0 spiro atoms. The molecule has 0 amide bonds. The summed E-state index contributed by atoms with van der Waals surface area (Å²) in [6.07, 6.45) is 0. The summed E-state index contributed by atoms with van der Waals surface area (Å²) in [6, 6.07) is 8.97. The number of fused-ring (bicyclic) bond motifs is 1. The lowest BCUT2D eigenvalue weighted by Gasteiger charge is -1.99. The maximum Gasteiger partial charge on any atom is 0.136 e. The van der Waals surface area contributed by atoms with E-state index in [-0.39, 0.29) is 5.56 Å². The average molecular weight is 262 g/mol. The van der Waals surface area contributed by atoms with Crippen LogP contribution in [0.5, 0.6) is 0 Å². The first kappa shape index (κ1) is 11.1. The summed E-state index contributed by atoms with van der Waals surface area (Å²) >= 11 is 1.22. The molecule has 3 rings (SSSR count). The largest absolute Gasteiger partial charge is 0.399 e. The van der Waals surface area contributed by atoms with Crippen LogP contribution in [0.15, 0.2) is 36.4 Å². The molecule has 0 aliphatic rings. The fourth-order valence-electron chi connectivity index (χ4n) is 1.75. The molecule has 0 unspecified atom stereocenters. The topological polar surface area (TPSA) is 38.9 Å². The van der Waals surface area contributed by atoms with Gasteiger partial charge in [0, 0.05) is 5.69 Å². The van der Waals surface area contributed by atoms with Gasteiger partial charge >= 0.3 is 0 Å². The van der Waals surface area contributed by atoms with Crippen LogP contribution in [0, 0.1) is 11.6 Å². The minimum Gasteiger partial charge on any atom is -0.399 e. The van der Waals surface area contributed by atoms with Gasteiger partial charge in [-0.05, 0) is 30.3 Å². The first-order valence-electron chi connectivity index (χ1n) is 5.25. The number of nitrogens with zero attached hydrogens (tertiary/aromatic N) is 1. The summed E-state index contributed by atoms with van der Waals surface area (Å²) in [5.74, 6) is -1.22. The zero-order chi connectivity index (χ0) is 12.7. The Morgan fingerprint density at radius 2 is 1.78 bits per heavy atom. The van der Waals surface area contributed by atoms with E-state index in [1.54, 1.807) is 18.2 Å². The molecular formula is C13H8F2N2S. The van der Waals surface area contributed by atoms with Gasteiger partial charge in [-0.1, -0.05) is 6.07 Å². The van der Waals surface area contributed by atoms with Crippen molar-refractivity contribution in [2.24, 2.45) is 0 Å². The number of aromatic nitrogens is 1. The highest BCUT2D eigenvalue weighted by Crippen LogP contribution is 2.33. The fraction of sp³-hybridized carbons (Fsp3) is 0. The Bertz CT molecular complexity index is 717. The zero-order valence-electron chi connectivity index (χ0n) is 9.15. The van der Waals surface area contributed by atoms with E-state index < -0.39 is 11.6 Å². The third kappa shape index (κ3) is 1.73. The van der Waals surface area contributed by atoms with Crippen LogP contribution in [0.1, 0.15) is 0 Å². The molecular weight excluding hydrogens is 254 g/mol. The molecule has 90 valence electrons. The minimum absolute atomic E-state index is 0.0859. The van der Waals surface area contributed by atoms with Crippen molar-refractivity contribution in [1.82, 2.24) is 4.98 Å². The number of anilines is 1. The molecule has 1 heterocycles. The van der Waals surface area contributed by atoms with Gasteiger partial charge in [0.2, 0.25) is 0 Å². The van der Waals surface area contributed by atoms with Crippen LogP contribution in [-0.4, -0.2) is 4.98 Å². The van der Waals surface area contributed by atoms with Gasteiger partial charge in [-0.3, -0.25) is 0 Å². The average Bonchev–Trinajstić information content (AvgIpc) is 2.71. The number of halogens is 2. The standard InChI is InChI=1S/C13H8F2N2S/c14-8-2-1-3-9(15)12(8)13-17-10-5-4-7(16)6-11(10)18-13/h1-6H,16H2. The predicted molar refractivity (Wildman–Crippen MR) is 69.4 cm³/mol. The first-order valence-corrected chi connectivity index (χ1v) is 6.07. The molecule has 0 aliphatic carbocycles. The zero-order valence-corrected chi connectivity index (χ0v) is 9.97. The van der Waals surface area contributed by atoms with E-state index in [0.29, 0.717) is 16.2 Å². The second kappa shape index (κ2) is 4.03. The summed E-state index contributed by atoms with van der Waals surface area (Å²) in [4.78, 5) is 4.23. The first-order chi connectivity index (χ1) is 8.65.